The fraction of sp³-hybridized carbons (Fsp3) is 0.0625. The first-order valence-electron chi connectivity index (χ1n) is 6.97. The second-order valence-electron chi connectivity index (χ2n) is 4.77. The number of nitrogens with zero attached hydrogens (tertiary/aromatic N) is 2. The summed E-state index contributed by atoms with van der Waals surface area (Å²) in [5.74, 6) is -1.23. The van der Waals surface area contributed by atoms with Gasteiger partial charge in [-0.25, -0.2) is 18.7 Å². The Labute approximate surface area is 135 Å². The fourth-order valence-corrected chi connectivity index (χ4v) is 1.93. The Balaban J connectivity index is 1.65. The van der Waals surface area contributed by atoms with Crippen molar-refractivity contribution < 1.29 is 18.0 Å². The maximum Gasteiger partial charge on any atom is 0.271 e. The second-order valence-corrected chi connectivity index (χ2v) is 4.77. The van der Waals surface area contributed by atoms with Gasteiger partial charge in [-0.1, -0.05) is 6.07 Å². The van der Waals surface area contributed by atoms with Crippen molar-refractivity contribution in [2.45, 2.75) is 6.54 Å². The molecule has 0 fully saturated rings. The van der Waals surface area contributed by atoms with Crippen LogP contribution in [0.4, 0.5) is 20.3 Å². The van der Waals surface area contributed by atoms with Crippen LogP contribution in [0, 0.1) is 11.6 Å². The minimum Gasteiger partial charge on any atom is -0.467 e. The Morgan fingerprint density at radius 2 is 1.88 bits per heavy atom. The van der Waals surface area contributed by atoms with Gasteiger partial charge in [0.2, 0.25) is 0 Å². The molecule has 8 heteroatoms. The lowest BCUT2D eigenvalue weighted by Crippen LogP contribution is -2.23. The third-order valence-corrected chi connectivity index (χ3v) is 3.10. The molecule has 0 unspecified atom stereocenters. The molecule has 122 valence electrons. The smallest absolute Gasteiger partial charge is 0.271 e. The van der Waals surface area contributed by atoms with Gasteiger partial charge in [0.05, 0.1) is 25.2 Å². The summed E-state index contributed by atoms with van der Waals surface area (Å²) in [5, 5.41) is 5.10. The van der Waals surface area contributed by atoms with Gasteiger partial charge in [-0.15, -0.1) is 0 Å². The SMILES string of the molecule is O=C(NCc1ccco1)c1cnc(Nc2c(F)cccc2F)cn1. The van der Waals surface area contributed by atoms with Gasteiger partial charge < -0.3 is 15.1 Å². The van der Waals surface area contributed by atoms with Gasteiger partial charge in [0.15, 0.2) is 0 Å². The molecular formula is C16H12F2N4O2. The predicted octanol–water partition coefficient (Wildman–Crippen LogP) is 3.02. The molecule has 24 heavy (non-hydrogen) atoms. The Morgan fingerprint density at radius 3 is 2.50 bits per heavy atom. The number of hydrogen-bond donors (Lipinski definition) is 2. The van der Waals surface area contributed by atoms with E-state index < -0.39 is 17.5 Å². The van der Waals surface area contributed by atoms with E-state index in [0.29, 0.717) is 5.76 Å². The first kappa shape index (κ1) is 15.6. The molecule has 0 aliphatic carbocycles. The van der Waals surface area contributed by atoms with Crippen LogP contribution in [0.2, 0.25) is 0 Å². The van der Waals surface area contributed by atoms with Gasteiger partial charge >= 0.3 is 0 Å². The Kier molecular flexibility index (Phi) is 4.46. The molecule has 2 aromatic heterocycles. The first-order valence-corrected chi connectivity index (χ1v) is 6.97. The zero-order valence-corrected chi connectivity index (χ0v) is 12.3. The summed E-state index contributed by atoms with van der Waals surface area (Å²) in [6.07, 6.45) is 3.93. The van der Waals surface area contributed by atoms with Gasteiger partial charge in [0.25, 0.3) is 5.91 Å². The van der Waals surface area contributed by atoms with E-state index in [9.17, 15) is 13.6 Å². The van der Waals surface area contributed by atoms with Crippen LogP contribution < -0.4 is 10.6 Å². The molecule has 0 aliphatic heterocycles. The lowest BCUT2D eigenvalue weighted by atomic mass is 10.3. The summed E-state index contributed by atoms with van der Waals surface area (Å²) < 4.78 is 32.2. The van der Waals surface area contributed by atoms with E-state index in [1.807, 2.05) is 0 Å². The van der Waals surface area contributed by atoms with E-state index in [0.717, 1.165) is 12.1 Å². The summed E-state index contributed by atoms with van der Waals surface area (Å²) in [7, 11) is 0. The van der Waals surface area contributed by atoms with Crippen molar-refractivity contribution in [3.05, 3.63) is 72.1 Å². The second kappa shape index (κ2) is 6.86. The number of halogens is 2. The molecule has 0 bridgehead atoms. The maximum absolute atomic E-state index is 13.6. The van der Waals surface area contributed by atoms with Crippen LogP contribution in [0.3, 0.4) is 0 Å². The molecule has 0 atom stereocenters. The highest BCUT2D eigenvalue weighted by Gasteiger charge is 2.11. The third kappa shape index (κ3) is 3.54. The number of rotatable bonds is 5. The van der Waals surface area contributed by atoms with Gasteiger partial charge in [-0.3, -0.25) is 4.79 Å². The molecule has 0 aliphatic rings. The van der Waals surface area contributed by atoms with Crippen molar-refractivity contribution in [1.29, 1.82) is 0 Å². The minimum atomic E-state index is -0.753. The molecule has 3 aromatic rings. The zero-order chi connectivity index (χ0) is 16.9. The average Bonchev–Trinajstić information content (AvgIpc) is 3.10. The van der Waals surface area contributed by atoms with Crippen molar-refractivity contribution in [2.24, 2.45) is 0 Å². The van der Waals surface area contributed by atoms with E-state index in [4.69, 9.17) is 4.42 Å². The molecule has 6 nitrogen and oxygen atoms in total. The topological polar surface area (TPSA) is 80.0 Å². The molecule has 2 N–H and O–H groups in total. The van der Waals surface area contributed by atoms with E-state index in [-0.39, 0.29) is 23.7 Å². The molecule has 1 amide bonds. The quantitative estimate of drug-likeness (QED) is 0.752. The maximum atomic E-state index is 13.6. The minimum absolute atomic E-state index is 0.0705. The molecule has 3 rings (SSSR count). The summed E-state index contributed by atoms with van der Waals surface area (Å²) in [5.41, 5.74) is -0.261. The van der Waals surface area contributed by atoms with Crippen LogP contribution in [0.25, 0.3) is 0 Å². The van der Waals surface area contributed by atoms with Crippen molar-refractivity contribution in [2.75, 3.05) is 5.32 Å². The van der Waals surface area contributed by atoms with Crippen LogP contribution in [0.5, 0.6) is 0 Å². The number of carbonyl (C=O) groups excluding carboxylic acids is 1. The van der Waals surface area contributed by atoms with Crippen LogP contribution >= 0.6 is 0 Å². The Bertz CT molecular complexity index is 816. The van der Waals surface area contributed by atoms with E-state index in [1.54, 1.807) is 12.1 Å². The zero-order valence-electron chi connectivity index (χ0n) is 12.3. The molecular weight excluding hydrogens is 318 g/mol. The predicted molar refractivity (Wildman–Crippen MR) is 81.6 cm³/mol. The standard InChI is InChI=1S/C16H12F2N4O2/c17-11-4-1-5-12(18)15(11)22-14-9-19-13(8-20-14)16(23)21-7-10-3-2-6-24-10/h1-6,8-9H,7H2,(H,20,22)(H,21,23). The van der Waals surface area contributed by atoms with Gasteiger partial charge in [0.1, 0.15) is 34.6 Å². The van der Waals surface area contributed by atoms with Gasteiger partial charge in [-0.05, 0) is 24.3 Å². The highest BCUT2D eigenvalue weighted by Crippen LogP contribution is 2.21. The van der Waals surface area contributed by atoms with Crippen molar-refractivity contribution in [3.63, 3.8) is 0 Å². The monoisotopic (exact) mass is 330 g/mol. The lowest BCUT2D eigenvalue weighted by Gasteiger charge is -2.08. The molecule has 0 saturated heterocycles. The van der Waals surface area contributed by atoms with Crippen LogP contribution in [0.1, 0.15) is 16.2 Å². The van der Waals surface area contributed by atoms with Crippen LogP contribution in [0.15, 0.2) is 53.4 Å². The molecule has 0 radical (unpaired) electrons. The van der Waals surface area contributed by atoms with E-state index in [1.165, 1.54) is 24.7 Å². The number of nitrogens with one attached hydrogen (secondary N) is 2. The Hall–Kier alpha value is -3.29. The molecule has 1 aromatic carbocycles. The normalized spacial score (nSPS) is 10.4. The van der Waals surface area contributed by atoms with Crippen molar-refractivity contribution >= 4 is 17.4 Å². The summed E-state index contributed by atoms with van der Waals surface area (Å²) in [4.78, 5) is 19.8. The number of aromatic nitrogens is 2. The van der Waals surface area contributed by atoms with Crippen LogP contribution in [-0.2, 0) is 6.54 Å². The van der Waals surface area contributed by atoms with E-state index in [2.05, 4.69) is 20.6 Å². The largest absolute Gasteiger partial charge is 0.467 e. The number of anilines is 2. The van der Waals surface area contributed by atoms with Gasteiger partial charge in [0, 0.05) is 0 Å². The Morgan fingerprint density at radius 1 is 1.08 bits per heavy atom. The number of amides is 1. The molecule has 2 heterocycles. The highest BCUT2D eigenvalue weighted by atomic mass is 19.1. The number of hydrogen-bond acceptors (Lipinski definition) is 5. The van der Waals surface area contributed by atoms with Crippen molar-refractivity contribution in [1.82, 2.24) is 15.3 Å². The highest BCUT2D eigenvalue weighted by molar-refractivity contribution is 5.91. The number of carbonyl (C=O) groups is 1. The van der Waals surface area contributed by atoms with E-state index >= 15 is 0 Å². The molecule has 0 saturated carbocycles. The van der Waals surface area contributed by atoms with Crippen molar-refractivity contribution in [3.8, 4) is 0 Å². The lowest BCUT2D eigenvalue weighted by molar-refractivity contribution is 0.0942. The average molecular weight is 330 g/mol. The number of furan rings is 1. The van der Waals surface area contributed by atoms with Crippen LogP contribution in [-0.4, -0.2) is 15.9 Å². The van der Waals surface area contributed by atoms with Gasteiger partial charge in [-0.2, -0.15) is 0 Å². The summed E-state index contributed by atoms with van der Waals surface area (Å²) in [6.45, 7) is 0.216. The number of benzene rings is 1. The number of para-hydroxylation sites is 1. The summed E-state index contributed by atoms with van der Waals surface area (Å²) >= 11 is 0. The fourth-order valence-electron chi connectivity index (χ4n) is 1.93. The molecule has 0 spiro atoms. The third-order valence-electron chi connectivity index (χ3n) is 3.10. The summed E-state index contributed by atoms with van der Waals surface area (Å²) in [6, 6.07) is 6.93. The first-order chi connectivity index (χ1) is 11.6.